The fourth-order valence-corrected chi connectivity index (χ4v) is 4.36. The third-order valence-electron chi connectivity index (χ3n) is 5.92. The van der Waals surface area contributed by atoms with E-state index in [0.717, 1.165) is 13.0 Å². The van der Waals surface area contributed by atoms with Crippen LogP contribution in [0.1, 0.15) is 47.5 Å². The molecule has 0 radical (unpaired) electrons. The largest absolute Gasteiger partial charge is 0.354 e. The predicted octanol–water partition coefficient (Wildman–Crippen LogP) is 0.857. The Morgan fingerprint density at radius 3 is 2.36 bits per heavy atom. The van der Waals surface area contributed by atoms with Gasteiger partial charge in [-0.25, -0.2) is 0 Å². The summed E-state index contributed by atoms with van der Waals surface area (Å²) in [5.74, 6) is -0.476. The molecule has 0 bridgehead atoms. The van der Waals surface area contributed by atoms with Crippen LogP contribution >= 0.6 is 0 Å². The molecule has 4 amide bonds. The Kier molecular flexibility index (Phi) is 11.0. The van der Waals surface area contributed by atoms with Crippen molar-refractivity contribution in [3.8, 4) is 0 Å². The molecule has 0 aliphatic carbocycles. The maximum Gasteiger partial charge on any atom is 0.249 e. The lowest BCUT2D eigenvalue weighted by molar-refractivity contribution is -0.136. The van der Waals surface area contributed by atoms with Crippen molar-refractivity contribution in [1.82, 2.24) is 25.3 Å². The minimum absolute atomic E-state index is 0.0644. The van der Waals surface area contributed by atoms with Crippen LogP contribution in [-0.2, 0) is 19.2 Å². The first-order valence-corrected chi connectivity index (χ1v) is 11.6. The number of hydrogen-bond acceptors (Lipinski definition) is 5. The van der Waals surface area contributed by atoms with Gasteiger partial charge in [0.2, 0.25) is 24.1 Å². The van der Waals surface area contributed by atoms with E-state index in [4.69, 9.17) is 0 Å². The van der Waals surface area contributed by atoms with Crippen molar-refractivity contribution in [2.45, 2.75) is 59.5 Å². The van der Waals surface area contributed by atoms with Crippen molar-refractivity contribution in [2.75, 3.05) is 47.3 Å². The third kappa shape index (κ3) is 8.79. The molecule has 1 fully saturated rings. The Hall–Kier alpha value is -2.42. The topological polar surface area (TPSA) is 102 Å². The number of likely N-dealkylation sites (tertiary alicyclic amines) is 1. The van der Waals surface area contributed by atoms with Crippen LogP contribution in [0.4, 0.5) is 0 Å². The molecule has 0 aromatic rings. The van der Waals surface area contributed by atoms with Crippen molar-refractivity contribution in [3.05, 3.63) is 11.6 Å². The van der Waals surface area contributed by atoms with Crippen molar-refractivity contribution in [1.29, 1.82) is 0 Å². The SMILES string of the molecule is C/C(=C\C(C(C)C)N(C)C(=O)CNC=O)C(=O)N1CCC[C@H]1C(=O)NCC(C)(C)CN(C)C. The minimum Gasteiger partial charge on any atom is -0.354 e. The highest BCUT2D eigenvalue weighted by Crippen LogP contribution is 2.22. The van der Waals surface area contributed by atoms with Crippen LogP contribution in [0.3, 0.4) is 0 Å². The van der Waals surface area contributed by atoms with E-state index in [-0.39, 0.29) is 41.6 Å². The van der Waals surface area contributed by atoms with Gasteiger partial charge < -0.3 is 25.3 Å². The molecule has 1 aliphatic heterocycles. The van der Waals surface area contributed by atoms with Gasteiger partial charge in [0.1, 0.15) is 6.04 Å². The summed E-state index contributed by atoms with van der Waals surface area (Å²) in [7, 11) is 5.67. The molecule has 0 saturated carbocycles. The van der Waals surface area contributed by atoms with Gasteiger partial charge in [0.05, 0.1) is 12.6 Å². The van der Waals surface area contributed by atoms with Crippen molar-refractivity contribution < 1.29 is 19.2 Å². The van der Waals surface area contributed by atoms with Gasteiger partial charge >= 0.3 is 0 Å². The molecule has 2 atom stereocenters. The molecule has 1 saturated heterocycles. The molecule has 33 heavy (non-hydrogen) atoms. The smallest absolute Gasteiger partial charge is 0.249 e. The lowest BCUT2D eigenvalue weighted by atomic mass is 9.93. The number of likely N-dealkylation sites (N-methyl/N-ethyl adjacent to an activating group) is 1. The normalized spacial score (nSPS) is 17.8. The predicted molar refractivity (Wildman–Crippen MR) is 129 cm³/mol. The molecule has 1 aliphatic rings. The Morgan fingerprint density at radius 2 is 1.82 bits per heavy atom. The molecule has 188 valence electrons. The second-order valence-corrected chi connectivity index (χ2v) is 10.4. The molecule has 9 nitrogen and oxygen atoms in total. The van der Waals surface area contributed by atoms with Gasteiger partial charge in [-0.3, -0.25) is 19.2 Å². The van der Waals surface area contributed by atoms with Crippen LogP contribution in [-0.4, -0.2) is 98.2 Å². The van der Waals surface area contributed by atoms with E-state index in [2.05, 4.69) is 29.4 Å². The van der Waals surface area contributed by atoms with E-state index >= 15 is 0 Å². The highest BCUT2D eigenvalue weighted by molar-refractivity contribution is 5.97. The summed E-state index contributed by atoms with van der Waals surface area (Å²) in [6, 6.07) is -0.790. The Balaban J connectivity index is 2.90. The van der Waals surface area contributed by atoms with Crippen LogP contribution in [0.15, 0.2) is 11.6 Å². The summed E-state index contributed by atoms with van der Waals surface area (Å²) in [5.41, 5.74) is 0.423. The number of nitrogens with zero attached hydrogens (tertiary/aromatic N) is 3. The average molecular weight is 466 g/mol. The molecule has 2 N–H and O–H groups in total. The maximum atomic E-state index is 13.2. The first kappa shape index (κ1) is 28.6. The first-order valence-electron chi connectivity index (χ1n) is 11.6. The number of carbonyl (C=O) groups excluding carboxylic acids is 4. The molecule has 1 rings (SSSR count). The Bertz CT molecular complexity index is 732. The molecule has 0 spiro atoms. The van der Waals surface area contributed by atoms with Crippen LogP contribution in [0.2, 0.25) is 0 Å². The second-order valence-electron chi connectivity index (χ2n) is 10.4. The van der Waals surface area contributed by atoms with E-state index < -0.39 is 6.04 Å². The Labute approximate surface area is 198 Å². The van der Waals surface area contributed by atoms with E-state index in [9.17, 15) is 19.2 Å². The number of carbonyl (C=O) groups is 4. The Morgan fingerprint density at radius 1 is 1.18 bits per heavy atom. The van der Waals surface area contributed by atoms with Crippen LogP contribution in [0.5, 0.6) is 0 Å². The van der Waals surface area contributed by atoms with Gasteiger partial charge in [-0.15, -0.1) is 0 Å². The van der Waals surface area contributed by atoms with Gasteiger partial charge in [-0.2, -0.15) is 0 Å². The first-order chi connectivity index (χ1) is 15.3. The van der Waals surface area contributed by atoms with Crippen molar-refractivity contribution in [3.63, 3.8) is 0 Å². The molecule has 1 heterocycles. The van der Waals surface area contributed by atoms with E-state index in [1.54, 1.807) is 29.8 Å². The minimum atomic E-state index is -0.482. The van der Waals surface area contributed by atoms with Gasteiger partial charge in [-0.05, 0) is 45.2 Å². The van der Waals surface area contributed by atoms with Gasteiger partial charge in [0.25, 0.3) is 0 Å². The quantitative estimate of drug-likeness (QED) is 0.329. The highest BCUT2D eigenvalue weighted by Gasteiger charge is 2.35. The van der Waals surface area contributed by atoms with Crippen LogP contribution < -0.4 is 10.6 Å². The lowest BCUT2D eigenvalue weighted by Gasteiger charge is -2.31. The summed E-state index contributed by atoms with van der Waals surface area (Å²) < 4.78 is 0. The van der Waals surface area contributed by atoms with Gasteiger partial charge in [-0.1, -0.05) is 33.8 Å². The molecule has 1 unspecified atom stereocenters. The summed E-state index contributed by atoms with van der Waals surface area (Å²) in [5, 5.41) is 5.42. The summed E-state index contributed by atoms with van der Waals surface area (Å²) in [6.45, 7) is 11.7. The lowest BCUT2D eigenvalue weighted by Crippen LogP contribution is -2.49. The highest BCUT2D eigenvalue weighted by atomic mass is 16.2. The number of nitrogens with one attached hydrogen (secondary N) is 2. The number of amides is 4. The molecule has 0 aromatic carbocycles. The van der Waals surface area contributed by atoms with Gasteiger partial charge in [0, 0.05) is 32.3 Å². The molecule has 9 heteroatoms. The van der Waals surface area contributed by atoms with Crippen LogP contribution in [0, 0.1) is 11.3 Å². The number of rotatable bonds is 12. The number of hydrogen-bond donors (Lipinski definition) is 2. The maximum absolute atomic E-state index is 13.2. The fourth-order valence-electron chi connectivity index (χ4n) is 4.36. The zero-order chi connectivity index (χ0) is 25.3. The zero-order valence-electron chi connectivity index (χ0n) is 21.6. The monoisotopic (exact) mass is 465 g/mol. The fraction of sp³-hybridized carbons (Fsp3) is 0.750. The zero-order valence-corrected chi connectivity index (χ0v) is 21.6. The summed E-state index contributed by atoms with van der Waals surface area (Å²) in [4.78, 5) is 54.3. The van der Waals surface area contributed by atoms with E-state index in [0.29, 0.717) is 31.5 Å². The van der Waals surface area contributed by atoms with E-state index in [1.807, 2.05) is 27.9 Å². The molecular weight excluding hydrogens is 422 g/mol. The second kappa shape index (κ2) is 12.7. The molecular formula is C24H43N5O4. The summed E-state index contributed by atoms with van der Waals surface area (Å²) >= 11 is 0. The van der Waals surface area contributed by atoms with Crippen LogP contribution in [0.25, 0.3) is 0 Å². The summed E-state index contributed by atoms with van der Waals surface area (Å²) in [6.07, 6.45) is 3.70. The molecule has 0 aromatic heterocycles. The standard InChI is InChI=1S/C24H43N5O4/c1-17(2)20(28(8)21(31)13-25-16-30)12-18(3)23(33)29-11-9-10-19(29)22(32)26-14-24(4,5)15-27(6)7/h12,16-17,19-20H,9-11,13-15H2,1-8H3,(H,25,30)(H,26,32)/b18-12+/t19-,20?/m0/s1. The third-order valence-corrected chi connectivity index (χ3v) is 5.92. The van der Waals surface area contributed by atoms with Crippen molar-refractivity contribution >= 4 is 24.1 Å². The van der Waals surface area contributed by atoms with Gasteiger partial charge in [0.15, 0.2) is 0 Å². The average Bonchev–Trinajstić information content (AvgIpc) is 3.21. The van der Waals surface area contributed by atoms with E-state index in [1.165, 1.54) is 0 Å². The van der Waals surface area contributed by atoms with Crippen molar-refractivity contribution in [2.24, 2.45) is 11.3 Å².